The van der Waals surface area contributed by atoms with Gasteiger partial charge in [0.05, 0.1) is 16.4 Å². The van der Waals surface area contributed by atoms with E-state index in [1.54, 1.807) is 24.4 Å². The van der Waals surface area contributed by atoms with E-state index in [-0.39, 0.29) is 6.54 Å². The van der Waals surface area contributed by atoms with Gasteiger partial charge >= 0.3 is 6.18 Å². The Morgan fingerprint density at radius 1 is 1.16 bits per heavy atom. The Hall–Kier alpha value is -3.94. The first-order valence-corrected chi connectivity index (χ1v) is 14.4. The van der Waals surface area contributed by atoms with Crippen LogP contribution in [0.1, 0.15) is 41.2 Å². The summed E-state index contributed by atoms with van der Waals surface area (Å²) in [6.45, 7) is 12.1. The van der Waals surface area contributed by atoms with Crippen LogP contribution in [0.5, 0.6) is 0 Å². The molecule has 1 fully saturated rings. The number of hydrogen-bond acceptors (Lipinski definition) is 8. The van der Waals surface area contributed by atoms with E-state index in [2.05, 4.69) is 68.2 Å². The third kappa shape index (κ3) is 8.16. The first-order chi connectivity index (χ1) is 20.9. The lowest BCUT2D eigenvalue weighted by Crippen LogP contribution is -2.40. The van der Waals surface area contributed by atoms with Gasteiger partial charge in [-0.1, -0.05) is 36.4 Å². The molecule has 15 heteroatoms. The van der Waals surface area contributed by atoms with Gasteiger partial charge in [0.1, 0.15) is 6.54 Å². The molecule has 0 aliphatic carbocycles. The van der Waals surface area contributed by atoms with E-state index < -0.39 is 12.0 Å². The van der Waals surface area contributed by atoms with Crippen LogP contribution >= 0.6 is 23.2 Å². The molecule has 0 bridgehead atoms. The molecule has 0 atom stereocenters. The number of hydrogen-bond donors (Lipinski definition) is 2. The topological polar surface area (TPSA) is 102 Å². The second-order valence-corrected chi connectivity index (χ2v) is 11.1. The Labute approximate surface area is 263 Å². The second-order valence-electron chi connectivity index (χ2n) is 10.2. The van der Waals surface area contributed by atoms with E-state index in [0.29, 0.717) is 28.3 Å². The molecule has 1 saturated heterocycles. The molecule has 0 saturated carbocycles. The van der Waals surface area contributed by atoms with Crippen molar-refractivity contribution in [2.24, 2.45) is 0 Å². The van der Waals surface area contributed by atoms with Crippen LogP contribution in [0, 0.1) is 6.92 Å². The van der Waals surface area contributed by atoms with Gasteiger partial charge in [-0.3, -0.25) is 0 Å². The summed E-state index contributed by atoms with van der Waals surface area (Å²) in [6.07, 6.45) is 0.737. The lowest BCUT2D eigenvalue weighted by molar-refractivity contribution is -0.145. The van der Waals surface area contributed by atoms with Gasteiger partial charge in [0.2, 0.25) is 0 Å². The molecule has 234 valence electrons. The fraction of sp³-hybridized carbons (Fsp3) is 0.345. The number of aromatic nitrogens is 7. The minimum absolute atomic E-state index is 0.0959. The zero-order valence-corrected chi connectivity index (χ0v) is 26.0. The monoisotopic (exact) mass is 648 g/mol. The molecule has 44 heavy (non-hydrogen) atoms. The molecule has 1 aromatic carbocycles. The van der Waals surface area contributed by atoms with Crippen LogP contribution < -0.4 is 10.6 Å². The molecule has 3 aromatic heterocycles. The number of nitrogens with one attached hydrogen (secondary N) is 2. The maximum Gasteiger partial charge on any atom is 0.455 e. The third-order valence-electron chi connectivity index (χ3n) is 6.92. The maximum atomic E-state index is 12.5. The average molecular weight is 650 g/mol. The van der Waals surface area contributed by atoms with Gasteiger partial charge < -0.3 is 15.5 Å². The lowest BCUT2D eigenvalue weighted by Gasteiger charge is -2.31. The number of aryl methyl sites for hydroxylation is 1. The van der Waals surface area contributed by atoms with Gasteiger partial charge in [-0.2, -0.15) is 23.1 Å². The van der Waals surface area contributed by atoms with Crippen molar-refractivity contribution in [1.82, 2.24) is 45.2 Å². The Morgan fingerprint density at radius 2 is 1.89 bits per heavy atom. The highest BCUT2D eigenvalue weighted by atomic mass is 35.5. The van der Waals surface area contributed by atoms with Crippen LogP contribution in [0.3, 0.4) is 0 Å². The molecule has 1 aliphatic heterocycles. The summed E-state index contributed by atoms with van der Waals surface area (Å²) in [6, 6.07) is 9.38. The van der Waals surface area contributed by atoms with E-state index >= 15 is 0 Å². The molecular formula is C29H33Cl2F3N10. The Bertz CT molecular complexity index is 1610. The molecular weight excluding hydrogens is 616 g/mol. The van der Waals surface area contributed by atoms with Gasteiger partial charge in [-0.15, -0.1) is 10.2 Å². The second kappa shape index (κ2) is 14.2. The Balaban J connectivity index is 0.000000204. The van der Waals surface area contributed by atoms with Gasteiger partial charge in [0.15, 0.2) is 5.82 Å². The summed E-state index contributed by atoms with van der Waals surface area (Å²) in [5.74, 6) is -0.929. The first kappa shape index (κ1) is 33.0. The molecule has 0 unspecified atom stereocenters. The summed E-state index contributed by atoms with van der Waals surface area (Å²) < 4.78 is 38.9. The molecule has 0 spiro atoms. The van der Waals surface area contributed by atoms with Crippen molar-refractivity contribution in [1.29, 1.82) is 0 Å². The zero-order chi connectivity index (χ0) is 32.0. The highest BCUT2D eigenvalue weighted by Crippen LogP contribution is 2.30. The molecule has 10 nitrogen and oxygen atoms in total. The summed E-state index contributed by atoms with van der Waals surface area (Å²) in [4.78, 5) is 7.31. The Kier molecular flexibility index (Phi) is 10.7. The fourth-order valence-electron chi connectivity index (χ4n) is 4.73. The van der Waals surface area contributed by atoms with Gasteiger partial charge in [0, 0.05) is 41.3 Å². The quantitative estimate of drug-likeness (QED) is 0.241. The van der Waals surface area contributed by atoms with Crippen molar-refractivity contribution in [3.05, 3.63) is 88.1 Å². The minimum Gasteiger partial charge on any atom is -0.387 e. The summed E-state index contributed by atoms with van der Waals surface area (Å²) in [5.41, 5.74) is 5.23. The molecule has 2 N–H and O–H groups in total. The number of tetrazole rings is 1. The lowest BCUT2D eigenvalue weighted by atomic mass is 10.0. The van der Waals surface area contributed by atoms with E-state index in [9.17, 15) is 13.2 Å². The van der Waals surface area contributed by atoms with Crippen LogP contribution in [0.25, 0.3) is 17.6 Å². The standard InChI is InChI=1S/C16H24ClN3.C13H9ClF3N7/c1-11-9-13(17)10-15(16(11)18-3)12(2)19-14-5-7-20(4)8-6-14;1-2-9-6-8(7-23-21-12(19-22-23)13(15,16)17)20-24(9)11-10(14)4-3-5-18-11/h9-10,14,18-19H,2,5-8H2,1,3-4H3;2-6H,1,7H2. The van der Waals surface area contributed by atoms with Crippen LogP contribution in [-0.4, -0.2) is 73.1 Å². The number of alkyl halides is 3. The van der Waals surface area contributed by atoms with Crippen LogP contribution in [0.2, 0.25) is 10.0 Å². The molecule has 5 rings (SSSR count). The number of halogens is 5. The largest absolute Gasteiger partial charge is 0.455 e. The number of likely N-dealkylation sites (tertiary alicyclic amines) is 1. The van der Waals surface area contributed by atoms with E-state index in [4.69, 9.17) is 23.2 Å². The van der Waals surface area contributed by atoms with E-state index in [0.717, 1.165) is 58.3 Å². The molecule has 4 aromatic rings. The number of pyridine rings is 1. The Morgan fingerprint density at radius 3 is 2.50 bits per heavy atom. The van der Waals surface area contributed by atoms with Crippen molar-refractivity contribution >= 4 is 40.7 Å². The first-order valence-electron chi connectivity index (χ1n) is 13.7. The summed E-state index contributed by atoms with van der Waals surface area (Å²) in [5, 5.41) is 21.8. The normalized spacial score (nSPS) is 14.1. The molecule has 0 radical (unpaired) electrons. The smallest absolute Gasteiger partial charge is 0.387 e. The third-order valence-corrected chi connectivity index (χ3v) is 7.43. The SMILES string of the molecule is C=C(NC1CCN(C)CC1)c1cc(Cl)cc(C)c1NC.C=Cc1cc(Cn2nnc(C(F)(F)F)n2)nn1-c1ncccc1Cl. The number of benzene rings is 1. The van der Waals surface area contributed by atoms with Crippen molar-refractivity contribution in [2.75, 3.05) is 32.5 Å². The highest BCUT2D eigenvalue weighted by molar-refractivity contribution is 6.32. The molecule has 4 heterocycles. The number of nitrogens with zero attached hydrogens (tertiary/aromatic N) is 8. The summed E-state index contributed by atoms with van der Waals surface area (Å²) in [7, 11) is 4.10. The van der Waals surface area contributed by atoms with Crippen molar-refractivity contribution in [2.45, 2.75) is 38.5 Å². The summed E-state index contributed by atoms with van der Waals surface area (Å²) >= 11 is 12.3. The zero-order valence-electron chi connectivity index (χ0n) is 24.5. The van der Waals surface area contributed by atoms with Gasteiger partial charge in [0.25, 0.3) is 5.82 Å². The van der Waals surface area contributed by atoms with Crippen LogP contribution in [-0.2, 0) is 12.7 Å². The van der Waals surface area contributed by atoms with Crippen molar-refractivity contribution in [3.8, 4) is 5.82 Å². The number of rotatable bonds is 8. The van der Waals surface area contributed by atoms with Crippen LogP contribution in [0.15, 0.2) is 49.7 Å². The van der Waals surface area contributed by atoms with Gasteiger partial charge in [-0.05, 0) is 87.1 Å². The predicted molar refractivity (Wildman–Crippen MR) is 167 cm³/mol. The van der Waals surface area contributed by atoms with E-state index in [1.165, 1.54) is 10.8 Å². The fourth-order valence-corrected chi connectivity index (χ4v) is 5.21. The average Bonchev–Trinajstić information content (AvgIpc) is 3.62. The van der Waals surface area contributed by atoms with Crippen molar-refractivity contribution in [3.63, 3.8) is 0 Å². The van der Waals surface area contributed by atoms with Crippen molar-refractivity contribution < 1.29 is 13.2 Å². The number of anilines is 1. The predicted octanol–water partition coefficient (Wildman–Crippen LogP) is 5.96. The van der Waals surface area contributed by atoms with Crippen LogP contribution in [0.4, 0.5) is 18.9 Å². The minimum atomic E-state index is -4.65. The van der Waals surface area contributed by atoms with Gasteiger partial charge in [-0.25, -0.2) is 9.67 Å². The molecule has 0 amide bonds. The van der Waals surface area contributed by atoms with E-state index in [1.807, 2.05) is 19.2 Å². The number of piperidine rings is 1. The maximum absolute atomic E-state index is 12.5. The molecule has 1 aliphatic rings. The highest BCUT2D eigenvalue weighted by Gasteiger charge is 2.36.